The van der Waals surface area contributed by atoms with Gasteiger partial charge in [-0.3, -0.25) is 4.79 Å². The number of benzene rings is 3. The first-order valence-corrected chi connectivity index (χ1v) is 8.40. The van der Waals surface area contributed by atoms with Gasteiger partial charge in [-0.2, -0.15) is 5.10 Å². The van der Waals surface area contributed by atoms with Crippen molar-refractivity contribution in [2.75, 3.05) is 0 Å². The summed E-state index contributed by atoms with van der Waals surface area (Å²) in [4.78, 5) is 12.1. The molecule has 0 aliphatic heterocycles. The van der Waals surface area contributed by atoms with Gasteiger partial charge in [0.25, 0.3) is 5.91 Å². The lowest BCUT2D eigenvalue weighted by molar-refractivity contribution is 0.0955. The maximum absolute atomic E-state index is 12.1. The van der Waals surface area contributed by atoms with Gasteiger partial charge in [-0.05, 0) is 41.5 Å². The molecule has 0 unspecified atom stereocenters. The minimum Gasteiger partial charge on any atom is -0.507 e. The summed E-state index contributed by atoms with van der Waals surface area (Å²) in [5.41, 5.74) is 5.61. The Morgan fingerprint density at radius 2 is 1.64 bits per heavy atom. The highest BCUT2D eigenvalue weighted by Gasteiger charge is 2.05. The quantitative estimate of drug-likeness (QED) is 0.502. The molecule has 3 rings (SSSR count). The Hall–Kier alpha value is -2.92. The lowest BCUT2D eigenvalue weighted by Crippen LogP contribution is -2.17. The topological polar surface area (TPSA) is 61.7 Å². The van der Waals surface area contributed by atoms with Gasteiger partial charge in [0.15, 0.2) is 0 Å². The number of rotatable bonds is 4. The van der Waals surface area contributed by atoms with Gasteiger partial charge >= 0.3 is 0 Å². The fourth-order valence-electron chi connectivity index (χ4n) is 2.30. The molecule has 0 atom stereocenters. The number of amides is 1. The van der Waals surface area contributed by atoms with Crippen LogP contribution in [0.15, 0.2) is 82.4 Å². The number of phenolic OH excluding ortho intramolecular Hbond substituents is 1. The van der Waals surface area contributed by atoms with E-state index in [9.17, 15) is 9.90 Å². The average molecular weight is 395 g/mol. The van der Waals surface area contributed by atoms with E-state index >= 15 is 0 Å². The van der Waals surface area contributed by atoms with E-state index in [1.807, 2.05) is 42.5 Å². The van der Waals surface area contributed by atoms with Crippen molar-refractivity contribution in [3.8, 4) is 16.9 Å². The van der Waals surface area contributed by atoms with E-state index in [1.165, 1.54) is 6.21 Å². The summed E-state index contributed by atoms with van der Waals surface area (Å²) in [5.74, 6) is -0.223. The molecule has 3 aromatic rings. The van der Waals surface area contributed by atoms with Crippen molar-refractivity contribution < 1.29 is 9.90 Å². The average Bonchev–Trinajstić information content (AvgIpc) is 2.65. The Morgan fingerprint density at radius 3 is 2.36 bits per heavy atom. The molecule has 0 radical (unpaired) electrons. The lowest BCUT2D eigenvalue weighted by atomic mass is 10.0. The molecule has 2 N–H and O–H groups in total. The van der Waals surface area contributed by atoms with Crippen molar-refractivity contribution >= 4 is 28.1 Å². The molecule has 0 saturated carbocycles. The second-order valence-electron chi connectivity index (χ2n) is 5.35. The number of hydrogen-bond acceptors (Lipinski definition) is 3. The van der Waals surface area contributed by atoms with Crippen LogP contribution in [0.5, 0.6) is 5.75 Å². The number of halogens is 1. The monoisotopic (exact) mass is 394 g/mol. The van der Waals surface area contributed by atoms with Crippen LogP contribution in [0.2, 0.25) is 0 Å². The Balaban J connectivity index is 1.67. The maximum atomic E-state index is 12.1. The van der Waals surface area contributed by atoms with E-state index in [1.54, 1.807) is 30.3 Å². The third kappa shape index (κ3) is 4.33. The van der Waals surface area contributed by atoms with E-state index in [4.69, 9.17) is 0 Å². The summed E-state index contributed by atoms with van der Waals surface area (Å²) in [6.45, 7) is 0. The van der Waals surface area contributed by atoms with E-state index in [0.717, 1.165) is 15.6 Å². The molecule has 5 heteroatoms. The van der Waals surface area contributed by atoms with Gasteiger partial charge in [0.2, 0.25) is 0 Å². The van der Waals surface area contributed by atoms with Crippen molar-refractivity contribution in [2.24, 2.45) is 5.10 Å². The van der Waals surface area contributed by atoms with Crippen molar-refractivity contribution in [1.29, 1.82) is 0 Å². The highest BCUT2D eigenvalue weighted by molar-refractivity contribution is 9.10. The van der Waals surface area contributed by atoms with Crippen LogP contribution < -0.4 is 5.43 Å². The first-order chi connectivity index (χ1) is 12.1. The number of hydrogen-bond donors (Lipinski definition) is 2. The first-order valence-electron chi connectivity index (χ1n) is 7.61. The molecule has 124 valence electrons. The number of nitrogens with one attached hydrogen (secondary N) is 1. The molecule has 0 spiro atoms. The van der Waals surface area contributed by atoms with Gasteiger partial charge in [-0.15, -0.1) is 0 Å². The van der Waals surface area contributed by atoms with Crippen LogP contribution in [0.3, 0.4) is 0 Å². The summed E-state index contributed by atoms with van der Waals surface area (Å²) >= 11 is 3.32. The molecule has 0 aromatic heterocycles. The highest BCUT2D eigenvalue weighted by atomic mass is 79.9. The predicted molar refractivity (Wildman–Crippen MR) is 103 cm³/mol. The Bertz CT molecular complexity index is 907. The number of phenols is 1. The molecule has 0 aliphatic carbocycles. The lowest BCUT2D eigenvalue weighted by Gasteiger charge is -2.04. The van der Waals surface area contributed by atoms with E-state index in [2.05, 4.69) is 26.5 Å². The molecule has 0 bridgehead atoms. The number of hydrazone groups is 1. The summed E-state index contributed by atoms with van der Waals surface area (Å²) in [5, 5.41) is 13.6. The number of carbonyl (C=O) groups is 1. The van der Waals surface area contributed by atoms with Crippen LogP contribution in [0.25, 0.3) is 11.1 Å². The summed E-state index contributed by atoms with van der Waals surface area (Å²) in [7, 11) is 0. The zero-order valence-corrected chi connectivity index (χ0v) is 14.8. The minimum atomic E-state index is -0.314. The first kappa shape index (κ1) is 16.9. The molecule has 0 fully saturated rings. The normalized spacial score (nSPS) is 10.8. The Labute approximate surface area is 154 Å². The van der Waals surface area contributed by atoms with Gasteiger partial charge in [-0.25, -0.2) is 5.43 Å². The van der Waals surface area contributed by atoms with Crippen LogP contribution >= 0.6 is 15.9 Å². The zero-order valence-electron chi connectivity index (χ0n) is 13.2. The summed E-state index contributed by atoms with van der Waals surface area (Å²) in [6.07, 6.45) is 1.40. The molecule has 25 heavy (non-hydrogen) atoms. The third-order valence-electron chi connectivity index (χ3n) is 3.61. The second-order valence-corrected chi connectivity index (χ2v) is 6.26. The van der Waals surface area contributed by atoms with Gasteiger partial charge in [-0.1, -0.05) is 58.4 Å². The van der Waals surface area contributed by atoms with E-state index < -0.39 is 0 Å². The molecule has 0 aliphatic rings. The molecule has 0 saturated heterocycles. The fourth-order valence-corrected chi connectivity index (χ4v) is 2.68. The smallest absolute Gasteiger partial charge is 0.271 e. The summed E-state index contributed by atoms with van der Waals surface area (Å²) < 4.78 is 0.814. The molecular weight excluding hydrogens is 380 g/mol. The largest absolute Gasteiger partial charge is 0.507 e. The van der Waals surface area contributed by atoms with Crippen molar-refractivity contribution in [2.45, 2.75) is 0 Å². The van der Waals surface area contributed by atoms with Crippen LogP contribution in [-0.2, 0) is 0 Å². The van der Waals surface area contributed by atoms with Gasteiger partial charge < -0.3 is 5.11 Å². The minimum absolute atomic E-state index is 0.0911. The summed E-state index contributed by atoms with van der Waals surface area (Å²) in [6, 6.07) is 22.2. The van der Waals surface area contributed by atoms with Crippen molar-refractivity contribution in [3.63, 3.8) is 0 Å². The van der Waals surface area contributed by atoms with Gasteiger partial charge in [0.05, 0.1) is 6.21 Å². The maximum Gasteiger partial charge on any atom is 0.271 e. The predicted octanol–water partition coefficient (Wildman–Crippen LogP) is 4.59. The van der Waals surface area contributed by atoms with Gasteiger partial charge in [0, 0.05) is 15.6 Å². The molecule has 4 nitrogen and oxygen atoms in total. The van der Waals surface area contributed by atoms with Gasteiger partial charge in [0.1, 0.15) is 5.75 Å². The van der Waals surface area contributed by atoms with Crippen LogP contribution in [0.4, 0.5) is 0 Å². The van der Waals surface area contributed by atoms with Crippen molar-refractivity contribution in [3.05, 3.63) is 88.4 Å². The van der Waals surface area contributed by atoms with Crippen LogP contribution in [0.1, 0.15) is 15.9 Å². The van der Waals surface area contributed by atoms with Crippen LogP contribution in [-0.4, -0.2) is 17.2 Å². The highest BCUT2D eigenvalue weighted by Crippen LogP contribution is 2.20. The molecule has 0 heterocycles. The number of aromatic hydroxyl groups is 1. The van der Waals surface area contributed by atoms with Crippen LogP contribution in [0, 0.1) is 0 Å². The molecule has 3 aromatic carbocycles. The zero-order chi connectivity index (χ0) is 17.6. The Kier molecular flexibility index (Phi) is 5.26. The van der Waals surface area contributed by atoms with Crippen molar-refractivity contribution in [1.82, 2.24) is 5.43 Å². The number of nitrogens with zero attached hydrogens (tertiary/aromatic N) is 1. The standard InChI is InChI=1S/C20H15BrN2O2/c21-18-10-11-19(24)17(12-18)13-22-23-20(25)16-8-6-15(7-9-16)14-4-2-1-3-5-14/h1-13,24H,(H,23,25). The second kappa shape index (κ2) is 7.77. The van der Waals surface area contributed by atoms with E-state index in [0.29, 0.717) is 11.1 Å². The Morgan fingerprint density at radius 1 is 0.960 bits per heavy atom. The van der Waals surface area contributed by atoms with E-state index in [-0.39, 0.29) is 11.7 Å². The third-order valence-corrected chi connectivity index (χ3v) is 4.11. The SMILES string of the molecule is O=C(NN=Cc1cc(Br)ccc1O)c1ccc(-c2ccccc2)cc1. The fraction of sp³-hybridized carbons (Fsp3) is 0. The molecule has 1 amide bonds. The molecular formula is C20H15BrN2O2. The number of carbonyl (C=O) groups excluding carboxylic acids is 1.